The van der Waals surface area contributed by atoms with Crippen molar-refractivity contribution in [2.45, 2.75) is 18.2 Å². The van der Waals surface area contributed by atoms with Crippen LogP contribution in [0.2, 0.25) is 0 Å². The average Bonchev–Trinajstić information content (AvgIpc) is 2.60. The van der Waals surface area contributed by atoms with Crippen molar-refractivity contribution >= 4 is 27.5 Å². The van der Waals surface area contributed by atoms with Crippen molar-refractivity contribution in [1.82, 2.24) is 5.32 Å². The smallest absolute Gasteiger partial charge is 0.240 e. The highest BCUT2D eigenvalue weighted by Crippen LogP contribution is 2.18. The molecule has 2 aromatic rings. The summed E-state index contributed by atoms with van der Waals surface area (Å²) in [5, 5.41) is 7.68. The van der Waals surface area contributed by atoms with Gasteiger partial charge in [-0.3, -0.25) is 9.59 Å². The van der Waals surface area contributed by atoms with Crippen LogP contribution in [0.25, 0.3) is 0 Å². The van der Waals surface area contributed by atoms with Crippen LogP contribution >= 0.6 is 0 Å². The summed E-state index contributed by atoms with van der Waals surface area (Å²) in [6.07, 6.45) is 0.455. The molecular weight excluding hydrogens is 373 g/mol. The Morgan fingerprint density at radius 1 is 1.11 bits per heavy atom. The molecule has 2 amide bonds. The van der Waals surface area contributed by atoms with E-state index in [1.165, 1.54) is 37.3 Å². The monoisotopic (exact) mass is 393 g/mol. The van der Waals surface area contributed by atoms with Crippen LogP contribution in [-0.2, 0) is 26.0 Å². The Kier molecular flexibility index (Phi) is 6.65. The molecule has 0 atom stereocenters. The van der Waals surface area contributed by atoms with Crippen LogP contribution in [-0.4, -0.2) is 33.3 Å². The van der Waals surface area contributed by atoms with E-state index in [-0.39, 0.29) is 23.7 Å². The summed E-state index contributed by atoms with van der Waals surface area (Å²) in [5.41, 5.74) is 0.846. The van der Waals surface area contributed by atoms with Gasteiger partial charge in [0.05, 0.1) is 10.6 Å². The molecule has 0 fully saturated rings. The lowest BCUT2D eigenvalue weighted by Gasteiger charge is -2.21. The Labute approximate surface area is 157 Å². The van der Waals surface area contributed by atoms with Crippen molar-refractivity contribution < 1.29 is 22.4 Å². The van der Waals surface area contributed by atoms with Gasteiger partial charge in [0.15, 0.2) is 0 Å². The maximum Gasteiger partial charge on any atom is 0.240 e. The standard InChI is InChI=1S/C18H20FN3O4S/c1-13(23)22(17-5-3-2-4-16(17)19)12-18(24)21-11-10-14-6-8-15(9-7-14)27(20,25)26/h2-9H,10-12H2,1H3,(H,21,24)(H2,20,25,26). The van der Waals surface area contributed by atoms with Crippen molar-refractivity contribution in [2.75, 3.05) is 18.0 Å². The molecule has 3 N–H and O–H groups in total. The third kappa shape index (κ3) is 5.87. The van der Waals surface area contributed by atoms with Crippen LogP contribution in [0.15, 0.2) is 53.4 Å². The Hall–Kier alpha value is -2.78. The zero-order chi connectivity index (χ0) is 20.0. The van der Waals surface area contributed by atoms with Gasteiger partial charge < -0.3 is 10.2 Å². The molecule has 0 spiro atoms. The van der Waals surface area contributed by atoms with E-state index in [1.807, 2.05) is 0 Å². The number of benzene rings is 2. The van der Waals surface area contributed by atoms with Gasteiger partial charge in [-0.25, -0.2) is 17.9 Å². The SMILES string of the molecule is CC(=O)N(CC(=O)NCCc1ccc(S(N)(=O)=O)cc1)c1ccccc1F. The quantitative estimate of drug-likeness (QED) is 0.736. The van der Waals surface area contributed by atoms with Crippen LogP contribution in [0, 0.1) is 5.82 Å². The minimum absolute atomic E-state index is 0.0114. The van der Waals surface area contributed by atoms with E-state index < -0.39 is 27.7 Å². The second-order valence-electron chi connectivity index (χ2n) is 5.85. The van der Waals surface area contributed by atoms with Crippen LogP contribution in [0.4, 0.5) is 10.1 Å². The Bertz CT molecular complexity index is 930. The van der Waals surface area contributed by atoms with Crippen molar-refractivity contribution in [1.29, 1.82) is 0 Å². The molecule has 0 aliphatic rings. The maximum absolute atomic E-state index is 13.9. The molecule has 0 radical (unpaired) electrons. The fourth-order valence-electron chi connectivity index (χ4n) is 2.43. The second kappa shape index (κ2) is 8.74. The maximum atomic E-state index is 13.9. The van der Waals surface area contributed by atoms with Crippen molar-refractivity contribution in [3.8, 4) is 0 Å². The largest absolute Gasteiger partial charge is 0.354 e. The van der Waals surface area contributed by atoms with Gasteiger partial charge in [0.1, 0.15) is 12.4 Å². The van der Waals surface area contributed by atoms with Gasteiger partial charge in [-0.05, 0) is 36.2 Å². The van der Waals surface area contributed by atoms with E-state index in [0.29, 0.717) is 6.42 Å². The van der Waals surface area contributed by atoms with Crippen LogP contribution in [0.5, 0.6) is 0 Å². The molecule has 0 saturated carbocycles. The molecule has 144 valence electrons. The number of nitrogens with two attached hydrogens (primary N) is 1. The number of sulfonamides is 1. The Morgan fingerprint density at radius 2 is 1.74 bits per heavy atom. The molecule has 0 aromatic heterocycles. The molecule has 27 heavy (non-hydrogen) atoms. The highest BCUT2D eigenvalue weighted by molar-refractivity contribution is 7.89. The number of amides is 2. The summed E-state index contributed by atoms with van der Waals surface area (Å²) in [6.45, 7) is 1.23. The van der Waals surface area contributed by atoms with Crippen molar-refractivity contribution in [2.24, 2.45) is 5.14 Å². The molecule has 0 saturated heterocycles. The first-order valence-electron chi connectivity index (χ1n) is 8.09. The number of halogens is 1. The second-order valence-corrected chi connectivity index (χ2v) is 7.41. The van der Waals surface area contributed by atoms with Gasteiger partial charge in [-0.15, -0.1) is 0 Å². The first kappa shape index (κ1) is 20.5. The Balaban J connectivity index is 1.91. The molecular formula is C18H20FN3O4S. The number of nitrogens with zero attached hydrogens (tertiary/aromatic N) is 1. The highest BCUT2D eigenvalue weighted by atomic mass is 32.2. The number of hydrogen-bond donors (Lipinski definition) is 2. The van der Waals surface area contributed by atoms with E-state index in [2.05, 4.69) is 5.32 Å². The minimum atomic E-state index is -3.74. The lowest BCUT2D eigenvalue weighted by Crippen LogP contribution is -2.40. The predicted molar refractivity (Wildman–Crippen MR) is 99.0 cm³/mol. The lowest BCUT2D eigenvalue weighted by molar-refractivity contribution is -0.123. The number of hydrogen-bond acceptors (Lipinski definition) is 4. The molecule has 0 bridgehead atoms. The zero-order valence-electron chi connectivity index (χ0n) is 14.7. The number of para-hydroxylation sites is 1. The number of primary sulfonamides is 1. The normalized spacial score (nSPS) is 11.1. The van der Waals surface area contributed by atoms with E-state index in [9.17, 15) is 22.4 Å². The molecule has 0 heterocycles. The minimum Gasteiger partial charge on any atom is -0.354 e. The van der Waals surface area contributed by atoms with E-state index in [4.69, 9.17) is 5.14 Å². The fraction of sp³-hybridized carbons (Fsp3) is 0.222. The van der Waals surface area contributed by atoms with E-state index in [1.54, 1.807) is 18.2 Å². The molecule has 2 aromatic carbocycles. The summed E-state index contributed by atoms with van der Waals surface area (Å²) < 4.78 is 36.3. The van der Waals surface area contributed by atoms with Gasteiger partial charge in [0.25, 0.3) is 0 Å². The van der Waals surface area contributed by atoms with Crippen LogP contribution in [0.1, 0.15) is 12.5 Å². The molecule has 0 aliphatic heterocycles. The summed E-state index contributed by atoms with van der Waals surface area (Å²) in [6, 6.07) is 11.7. The third-order valence-electron chi connectivity index (χ3n) is 3.81. The molecule has 0 unspecified atom stereocenters. The highest BCUT2D eigenvalue weighted by Gasteiger charge is 2.18. The topological polar surface area (TPSA) is 110 Å². The predicted octanol–water partition coefficient (Wildman–Crippen LogP) is 1.18. The lowest BCUT2D eigenvalue weighted by atomic mass is 10.1. The molecule has 9 heteroatoms. The average molecular weight is 393 g/mol. The number of carbonyl (C=O) groups excluding carboxylic acids is 2. The number of anilines is 1. The summed E-state index contributed by atoms with van der Waals surface area (Å²) in [7, 11) is -3.74. The number of nitrogens with one attached hydrogen (secondary N) is 1. The Morgan fingerprint density at radius 3 is 2.30 bits per heavy atom. The van der Waals surface area contributed by atoms with Gasteiger partial charge >= 0.3 is 0 Å². The number of rotatable bonds is 7. The summed E-state index contributed by atoms with van der Waals surface area (Å²) in [5.74, 6) is -1.47. The zero-order valence-corrected chi connectivity index (χ0v) is 15.5. The first-order valence-corrected chi connectivity index (χ1v) is 9.64. The van der Waals surface area contributed by atoms with Gasteiger partial charge in [-0.2, -0.15) is 0 Å². The van der Waals surface area contributed by atoms with Crippen LogP contribution < -0.4 is 15.4 Å². The summed E-state index contributed by atoms with van der Waals surface area (Å²) >= 11 is 0. The third-order valence-corrected chi connectivity index (χ3v) is 4.74. The van der Waals surface area contributed by atoms with E-state index >= 15 is 0 Å². The first-order chi connectivity index (χ1) is 12.7. The van der Waals surface area contributed by atoms with Crippen molar-refractivity contribution in [3.63, 3.8) is 0 Å². The van der Waals surface area contributed by atoms with Gasteiger partial charge in [0, 0.05) is 13.5 Å². The van der Waals surface area contributed by atoms with Crippen molar-refractivity contribution in [3.05, 3.63) is 59.9 Å². The van der Waals surface area contributed by atoms with Crippen LogP contribution in [0.3, 0.4) is 0 Å². The summed E-state index contributed by atoms with van der Waals surface area (Å²) in [4.78, 5) is 24.9. The molecule has 7 nitrogen and oxygen atoms in total. The molecule has 2 rings (SSSR count). The van der Waals surface area contributed by atoms with E-state index in [0.717, 1.165) is 10.5 Å². The number of carbonyl (C=O) groups is 2. The fourth-order valence-corrected chi connectivity index (χ4v) is 2.94. The molecule has 0 aliphatic carbocycles. The van der Waals surface area contributed by atoms with Gasteiger partial charge in [-0.1, -0.05) is 24.3 Å². The van der Waals surface area contributed by atoms with Gasteiger partial charge in [0.2, 0.25) is 21.8 Å².